The van der Waals surface area contributed by atoms with E-state index in [1.54, 1.807) is 0 Å². The van der Waals surface area contributed by atoms with Gasteiger partial charge in [-0.2, -0.15) is 4.98 Å². The number of carbonyl (C=O) groups is 1. The third-order valence-electron chi connectivity index (χ3n) is 3.97. The van der Waals surface area contributed by atoms with Crippen molar-refractivity contribution in [1.29, 1.82) is 0 Å². The largest absolute Gasteiger partial charge is 0.362 e. The zero-order valence-electron chi connectivity index (χ0n) is 15.5. The van der Waals surface area contributed by atoms with Crippen LogP contribution < -0.4 is 15.5 Å². The smallest absolute Gasteiger partial charge is 0.317 e. The van der Waals surface area contributed by atoms with Gasteiger partial charge in [0.05, 0.1) is 12.2 Å². The van der Waals surface area contributed by atoms with Crippen molar-refractivity contribution in [3.63, 3.8) is 0 Å². The minimum absolute atomic E-state index is 0.00295. The van der Waals surface area contributed by atoms with E-state index < -0.39 is 0 Å². The molecule has 0 aromatic carbocycles. The second-order valence-corrected chi connectivity index (χ2v) is 6.75. The Morgan fingerprint density at radius 2 is 2.08 bits per heavy atom. The fourth-order valence-electron chi connectivity index (χ4n) is 2.75. The van der Waals surface area contributed by atoms with Crippen molar-refractivity contribution in [2.45, 2.75) is 52.6 Å². The standard InChI is InChI=1S/C17H30N6O/c1-6-7-9-18-17(24)23-10-8-14-13(11-23)15(22(4)5)21-16(20-14)19-12(2)3/h12H,6-11H2,1-5H3,(H,18,24)(H,19,20,21). The minimum atomic E-state index is 0.00295. The Bertz CT molecular complexity index is 572. The van der Waals surface area contributed by atoms with Gasteiger partial charge >= 0.3 is 6.03 Å². The molecule has 0 spiro atoms. The number of unbranched alkanes of at least 4 members (excludes halogenated alkanes) is 1. The van der Waals surface area contributed by atoms with Crippen LogP contribution in [-0.2, 0) is 13.0 Å². The van der Waals surface area contributed by atoms with Gasteiger partial charge in [0.1, 0.15) is 5.82 Å². The average molecular weight is 334 g/mol. The molecule has 1 aliphatic rings. The molecule has 0 radical (unpaired) electrons. The van der Waals surface area contributed by atoms with E-state index in [1.165, 1.54) is 0 Å². The Balaban J connectivity index is 2.18. The fraction of sp³-hybridized carbons (Fsp3) is 0.706. The van der Waals surface area contributed by atoms with Crippen LogP contribution in [0.25, 0.3) is 0 Å². The van der Waals surface area contributed by atoms with Crippen molar-refractivity contribution in [3.8, 4) is 0 Å². The number of fused-ring (bicyclic) bond motifs is 1. The summed E-state index contributed by atoms with van der Waals surface area (Å²) in [6.45, 7) is 8.24. The van der Waals surface area contributed by atoms with Crippen molar-refractivity contribution in [2.75, 3.05) is 37.4 Å². The lowest BCUT2D eigenvalue weighted by atomic mass is 10.1. The number of nitrogens with zero attached hydrogens (tertiary/aromatic N) is 4. The predicted molar refractivity (Wildman–Crippen MR) is 97.5 cm³/mol. The highest BCUT2D eigenvalue weighted by Crippen LogP contribution is 2.27. The summed E-state index contributed by atoms with van der Waals surface area (Å²) in [6.07, 6.45) is 2.84. The molecule has 2 amide bonds. The topological polar surface area (TPSA) is 73.4 Å². The van der Waals surface area contributed by atoms with Crippen LogP contribution in [0.4, 0.5) is 16.6 Å². The van der Waals surface area contributed by atoms with Crippen molar-refractivity contribution in [1.82, 2.24) is 20.2 Å². The molecule has 2 N–H and O–H groups in total. The monoisotopic (exact) mass is 334 g/mol. The van der Waals surface area contributed by atoms with Crippen molar-refractivity contribution < 1.29 is 4.79 Å². The fourth-order valence-corrected chi connectivity index (χ4v) is 2.75. The number of rotatable bonds is 6. The molecule has 2 rings (SSSR count). The molecule has 1 aliphatic heterocycles. The molecular formula is C17H30N6O. The van der Waals surface area contributed by atoms with E-state index in [-0.39, 0.29) is 12.1 Å². The Morgan fingerprint density at radius 1 is 1.33 bits per heavy atom. The number of hydrogen-bond acceptors (Lipinski definition) is 5. The van der Waals surface area contributed by atoms with Crippen LogP contribution in [0.5, 0.6) is 0 Å². The van der Waals surface area contributed by atoms with Gasteiger partial charge in [-0.05, 0) is 20.3 Å². The third kappa shape index (κ3) is 4.49. The molecule has 0 aliphatic carbocycles. The highest BCUT2D eigenvalue weighted by Gasteiger charge is 2.26. The second-order valence-electron chi connectivity index (χ2n) is 6.75. The van der Waals surface area contributed by atoms with Crippen molar-refractivity contribution >= 4 is 17.8 Å². The van der Waals surface area contributed by atoms with Crippen LogP contribution in [0.1, 0.15) is 44.9 Å². The lowest BCUT2D eigenvalue weighted by Gasteiger charge is -2.31. The Hall–Kier alpha value is -2.05. The van der Waals surface area contributed by atoms with Crippen LogP contribution >= 0.6 is 0 Å². The van der Waals surface area contributed by atoms with E-state index in [9.17, 15) is 4.79 Å². The van der Waals surface area contributed by atoms with E-state index >= 15 is 0 Å². The molecule has 134 valence electrons. The lowest BCUT2D eigenvalue weighted by Crippen LogP contribution is -2.43. The SMILES string of the molecule is CCCCNC(=O)N1CCc2nc(NC(C)C)nc(N(C)C)c2C1. The predicted octanol–water partition coefficient (Wildman–Crippen LogP) is 2.23. The summed E-state index contributed by atoms with van der Waals surface area (Å²) in [5.74, 6) is 1.54. The molecule has 0 atom stereocenters. The van der Waals surface area contributed by atoms with Gasteiger partial charge in [0.25, 0.3) is 0 Å². The maximum absolute atomic E-state index is 12.3. The number of amides is 2. The molecular weight excluding hydrogens is 304 g/mol. The van der Waals surface area contributed by atoms with Gasteiger partial charge in [-0.15, -0.1) is 0 Å². The number of hydrogen-bond donors (Lipinski definition) is 2. The first-order chi connectivity index (χ1) is 11.4. The van der Waals surface area contributed by atoms with Crippen LogP contribution in [0.15, 0.2) is 0 Å². The molecule has 7 heteroatoms. The van der Waals surface area contributed by atoms with E-state index in [0.29, 0.717) is 19.0 Å². The first-order valence-electron chi connectivity index (χ1n) is 8.78. The van der Waals surface area contributed by atoms with Gasteiger partial charge in [-0.1, -0.05) is 13.3 Å². The summed E-state index contributed by atoms with van der Waals surface area (Å²) in [5.41, 5.74) is 2.08. The number of nitrogens with one attached hydrogen (secondary N) is 2. The molecule has 0 unspecified atom stereocenters. The van der Waals surface area contributed by atoms with Gasteiger partial charge in [0.15, 0.2) is 0 Å². The summed E-state index contributed by atoms with van der Waals surface area (Å²) in [5, 5.41) is 6.27. The van der Waals surface area contributed by atoms with Gasteiger partial charge in [0, 0.05) is 45.2 Å². The van der Waals surface area contributed by atoms with Crippen molar-refractivity contribution in [2.24, 2.45) is 0 Å². The highest BCUT2D eigenvalue weighted by molar-refractivity contribution is 5.75. The quantitative estimate of drug-likeness (QED) is 0.781. The average Bonchev–Trinajstić information content (AvgIpc) is 2.53. The van der Waals surface area contributed by atoms with Crippen LogP contribution in [0, 0.1) is 0 Å². The third-order valence-corrected chi connectivity index (χ3v) is 3.97. The van der Waals surface area contributed by atoms with E-state index in [0.717, 1.165) is 42.9 Å². The summed E-state index contributed by atoms with van der Waals surface area (Å²) in [7, 11) is 3.95. The number of anilines is 2. The van der Waals surface area contributed by atoms with Crippen LogP contribution in [-0.4, -0.2) is 54.1 Å². The molecule has 2 heterocycles. The number of carbonyl (C=O) groups excluding carboxylic acids is 1. The lowest BCUT2D eigenvalue weighted by molar-refractivity contribution is 0.192. The maximum atomic E-state index is 12.3. The van der Waals surface area contributed by atoms with Crippen molar-refractivity contribution in [3.05, 3.63) is 11.3 Å². The van der Waals surface area contributed by atoms with Crippen LogP contribution in [0.3, 0.4) is 0 Å². The summed E-state index contributed by atoms with van der Waals surface area (Å²) in [4.78, 5) is 25.5. The Labute approximate surface area is 144 Å². The summed E-state index contributed by atoms with van der Waals surface area (Å²) in [6, 6.07) is 0.283. The van der Waals surface area contributed by atoms with Gasteiger partial charge < -0.3 is 20.4 Å². The normalized spacial score (nSPS) is 13.7. The molecule has 1 aromatic heterocycles. The summed E-state index contributed by atoms with van der Waals surface area (Å²) >= 11 is 0. The zero-order chi connectivity index (χ0) is 17.7. The first kappa shape index (κ1) is 18.3. The van der Waals surface area contributed by atoms with E-state index in [4.69, 9.17) is 0 Å². The highest BCUT2D eigenvalue weighted by atomic mass is 16.2. The second kappa shape index (κ2) is 8.17. The van der Waals surface area contributed by atoms with Gasteiger partial charge in [-0.25, -0.2) is 9.78 Å². The zero-order valence-corrected chi connectivity index (χ0v) is 15.5. The number of urea groups is 1. The molecule has 1 aromatic rings. The Kier molecular flexibility index (Phi) is 6.23. The van der Waals surface area contributed by atoms with Crippen LogP contribution in [0.2, 0.25) is 0 Å². The molecule has 0 saturated heterocycles. The molecule has 24 heavy (non-hydrogen) atoms. The van der Waals surface area contributed by atoms with Gasteiger partial charge in [-0.3, -0.25) is 0 Å². The van der Waals surface area contributed by atoms with Gasteiger partial charge in [0.2, 0.25) is 5.95 Å². The number of aromatic nitrogens is 2. The van der Waals surface area contributed by atoms with E-state index in [2.05, 4.69) is 41.4 Å². The molecule has 0 saturated carbocycles. The van der Waals surface area contributed by atoms with E-state index in [1.807, 2.05) is 23.9 Å². The first-order valence-corrected chi connectivity index (χ1v) is 8.78. The molecule has 0 bridgehead atoms. The maximum Gasteiger partial charge on any atom is 0.317 e. The summed E-state index contributed by atoms with van der Waals surface area (Å²) < 4.78 is 0. The Morgan fingerprint density at radius 3 is 2.71 bits per heavy atom. The molecule has 0 fully saturated rings. The molecule has 7 nitrogen and oxygen atoms in total. The minimum Gasteiger partial charge on any atom is -0.362 e.